The monoisotopic (exact) mass is 335 g/mol. The van der Waals surface area contributed by atoms with E-state index in [4.69, 9.17) is 0 Å². The Kier molecular flexibility index (Phi) is 4.06. The molecule has 0 unspecified atom stereocenters. The standard InChI is InChI=1S/C14H7F6NO2/c15-13(16,17)10-6-2-1-4-8(10)9-5-3-7-11(14(18,19)20)12(9)21(22)23/h1-7H. The molecule has 0 N–H and O–H groups in total. The maximum atomic E-state index is 13.0. The van der Waals surface area contributed by atoms with Gasteiger partial charge >= 0.3 is 12.4 Å². The zero-order valence-corrected chi connectivity index (χ0v) is 11.1. The Morgan fingerprint density at radius 1 is 0.739 bits per heavy atom. The Bertz CT molecular complexity index is 752. The first-order valence-electron chi connectivity index (χ1n) is 6.04. The van der Waals surface area contributed by atoms with Crippen LogP contribution in [0.1, 0.15) is 11.1 Å². The van der Waals surface area contributed by atoms with Crippen molar-refractivity contribution in [1.82, 2.24) is 0 Å². The molecule has 0 aliphatic rings. The van der Waals surface area contributed by atoms with Gasteiger partial charge in [-0.05, 0) is 18.2 Å². The van der Waals surface area contributed by atoms with Gasteiger partial charge in [-0.2, -0.15) is 26.3 Å². The van der Waals surface area contributed by atoms with Crippen LogP contribution >= 0.6 is 0 Å². The van der Waals surface area contributed by atoms with E-state index in [9.17, 15) is 36.5 Å². The second-order valence-corrected chi connectivity index (χ2v) is 4.50. The van der Waals surface area contributed by atoms with Crippen molar-refractivity contribution in [2.24, 2.45) is 0 Å². The minimum atomic E-state index is -5.06. The van der Waals surface area contributed by atoms with Crippen LogP contribution in [0.15, 0.2) is 42.5 Å². The fourth-order valence-electron chi connectivity index (χ4n) is 2.15. The van der Waals surface area contributed by atoms with E-state index in [1.165, 1.54) is 0 Å². The Morgan fingerprint density at radius 2 is 1.22 bits per heavy atom. The molecule has 0 radical (unpaired) electrons. The van der Waals surface area contributed by atoms with Gasteiger partial charge in [0.2, 0.25) is 0 Å². The van der Waals surface area contributed by atoms with E-state index >= 15 is 0 Å². The van der Waals surface area contributed by atoms with Crippen molar-refractivity contribution in [3.63, 3.8) is 0 Å². The van der Waals surface area contributed by atoms with Crippen LogP contribution in [0.3, 0.4) is 0 Å². The summed E-state index contributed by atoms with van der Waals surface area (Å²) in [5.74, 6) is 0. The maximum absolute atomic E-state index is 13.0. The molecule has 0 saturated heterocycles. The van der Waals surface area contributed by atoms with Crippen LogP contribution in [-0.4, -0.2) is 4.92 Å². The number of hydrogen-bond acceptors (Lipinski definition) is 2. The Balaban J connectivity index is 2.84. The van der Waals surface area contributed by atoms with Crippen LogP contribution < -0.4 is 0 Å². The van der Waals surface area contributed by atoms with Gasteiger partial charge in [0.05, 0.1) is 16.1 Å². The second-order valence-electron chi connectivity index (χ2n) is 4.50. The molecular formula is C14H7F6NO2. The highest BCUT2D eigenvalue weighted by Crippen LogP contribution is 2.44. The summed E-state index contributed by atoms with van der Waals surface area (Å²) in [6.07, 6.45) is -9.93. The molecule has 0 aliphatic heterocycles. The Hall–Kier alpha value is -2.58. The summed E-state index contributed by atoms with van der Waals surface area (Å²) in [5.41, 5.74) is -5.67. The average molecular weight is 335 g/mol. The highest BCUT2D eigenvalue weighted by molar-refractivity contribution is 5.78. The van der Waals surface area contributed by atoms with Crippen LogP contribution in [0, 0.1) is 10.1 Å². The molecule has 122 valence electrons. The number of benzene rings is 2. The van der Waals surface area contributed by atoms with Gasteiger partial charge in [0.1, 0.15) is 5.56 Å². The summed E-state index contributed by atoms with van der Waals surface area (Å²) in [4.78, 5) is 9.72. The first kappa shape index (κ1) is 16.8. The first-order valence-corrected chi connectivity index (χ1v) is 6.04. The zero-order valence-electron chi connectivity index (χ0n) is 11.1. The van der Waals surface area contributed by atoms with Gasteiger partial charge < -0.3 is 0 Å². The molecule has 0 amide bonds. The van der Waals surface area contributed by atoms with Gasteiger partial charge in [0.25, 0.3) is 5.69 Å². The summed E-state index contributed by atoms with van der Waals surface area (Å²) in [6, 6.07) is 5.90. The molecule has 23 heavy (non-hydrogen) atoms. The van der Waals surface area contributed by atoms with Crippen molar-refractivity contribution in [3.05, 3.63) is 63.7 Å². The summed E-state index contributed by atoms with van der Waals surface area (Å²) in [7, 11) is 0. The lowest BCUT2D eigenvalue weighted by atomic mass is 9.95. The molecule has 3 nitrogen and oxygen atoms in total. The van der Waals surface area contributed by atoms with Crippen molar-refractivity contribution < 1.29 is 31.3 Å². The largest absolute Gasteiger partial charge is 0.423 e. The first-order chi connectivity index (χ1) is 10.5. The molecule has 2 rings (SSSR count). The minimum absolute atomic E-state index is 0.456. The van der Waals surface area contributed by atoms with Crippen molar-refractivity contribution in [2.45, 2.75) is 12.4 Å². The topological polar surface area (TPSA) is 43.1 Å². The zero-order chi connectivity index (χ0) is 17.4. The van der Waals surface area contributed by atoms with Crippen molar-refractivity contribution in [2.75, 3.05) is 0 Å². The lowest BCUT2D eigenvalue weighted by Gasteiger charge is -2.15. The second kappa shape index (κ2) is 5.56. The summed E-state index contributed by atoms with van der Waals surface area (Å²) in [5, 5.41) is 11.0. The molecule has 9 heteroatoms. The SMILES string of the molecule is O=[N+]([O-])c1c(-c2ccccc2C(F)(F)F)cccc1C(F)(F)F. The molecule has 0 bridgehead atoms. The van der Waals surface area contributed by atoms with E-state index in [2.05, 4.69) is 0 Å². The van der Waals surface area contributed by atoms with Gasteiger partial charge in [0.15, 0.2) is 0 Å². The molecule has 0 heterocycles. The van der Waals surface area contributed by atoms with Crippen LogP contribution in [0.4, 0.5) is 32.0 Å². The van der Waals surface area contributed by atoms with Crippen molar-refractivity contribution >= 4 is 5.69 Å². The lowest BCUT2D eigenvalue weighted by Crippen LogP contribution is -2.11. The Morgan fingerprint density at radius 3 is 1.74 bits per heavy atom. The molecule has 0 fully saturated rings. The molecule has 2 aromatic carbocycles. The van der Waals surface area contributed by atoms with Crippen molar-refractivity contribution in [3.8, 4) is 11.1 Å². The highest BCUT2D eigenvalue weighted by atomic mass is 19.4. The van der Waals surface area contributed by atoms with Crippen LogP contribution in [0.25, 0.3) is 11.1 Å². The lowest BCUT2D eigenvalue weighted by molar-refractivity contribution is -0.387. The van der Waals surface area contributed by atoms with E-state index < -0.39 is 45.2 Å². The number of nitro groups is 1. The molecule has 0 aromatic heterocycles. The van der Waals surface area contributed by atoms with E-state index in [1.54, 1.807) is 0 Å². The molecular weight excluding hydrogens is 328 g/mol. The van der Waals surface area contributed by atoms with Gasteiger partial charge in [-0.25, -0.2) is 0 Å². The van der Waals surface area contributed by atoms with Crippen molar-refractivity contribution in [1.29, 1.82) is 0 Å². The maximum Gasteiger partial charge on any atom is 0.423 e. The number of nitro benzene ring substituents is 1. The van der Waals surface area contributed by atoms with Crippen LogP contribution in [0.5, 0.6) is 0 Å². The van der Waals surface area contributed by atoms with Crippen LogP contribution in [0.2, 0.25) is 0 Å². The molecule has 0 atom stereocenters. The summed E-state index contributed by atoms with van der Waals surface area (Å²) >= 11 is 0. The summed E-state index contributed by atoms with van der Waals surface area (Å²) in [6.45, 7) is 0. The molecule has 0 spiro atoms. The molecule has 2 aromatic rings. The minimum Gasteiger partial charge on any atom is -0.258 e. The fourth-order valence-corrected chi connectivity index (χ4v) is 2.15. The van der Waals surface area contributed by atoms with Gasteiger partial charge in [0, 0.05) is 5.56 Å². The number of nitrogens with zero attached hydrogens (tertiary/aromatic N) is 1. The summed E-state index contributed by atoms with van der Waals surface area (Å²) < 4.78 is 77.8. The third kappa shape index (κ3) is 3.27. The third-order valence-corrected chi connectivity index (χ3v) is 3.05. The predicted molar refractivity (Wildman–Crippen MR) is 68.5 cm³/mol. The number of rotatable bonds is 2. The number of hydrogen-bond donors (Lipinski definition) is 0. The van der Waals surface area contributed by atoms with E-state index in [0.717, 1.165) is 30.3 Å². The normalized spacial score (nSPS) is 12.3. The van der Waals surface area contributed by atoms with E-state index in [-0.39, 0.29) is 0 Å². The predicted octanol–water partition coefficient (Wildman–Crippen LogP) is 5.30. The molecule has 0 aliphatic carbocycles. The average Bonchev–Trinajstić information content (AvgIpc) is 2.44. The van der Waals surface area contributed by atoms with Gasteiger partial charge in [-0.1, -0.05) is 24.3 Å². The van der Waals surface area contributed by atoms with E-state index in [0.29, 0.717) is 12.1 Å². The highest BCUT2D eigenvalue weighted by Gasteiger charge is 2.41. The fraction of sp³-hybridized carbons (Fsp3) is 0.143. The quantitative estimate of drug-likeness (QED) is 0.425. The third-order valence-electron chi connectivity index (χ3n) is 3.05. The molecule has 0 saturated carbocycles. The Labute approximate surface area is 125 Å². The van der Waals surface area contributed by atoms with E-state index in [1.807, 2.05) is 0 Å². The van der Waals surface area contributed by atoms with Gasteiger partial charge in [-0.15, -0.1) is 0 Å². The van der Waals surface area contributed by atoms with Gasteiger partial charge in [-0.3, -0.25) is 10.1 Å². The number of para-hydroxylation sites is 1. The number of alkyl halides is 6. The smallest absolute Gasteiger partial charge is 0.258 e. The van der Waals surface area contributed by atoms with Crippen LogP contribution in [-0.2, 0) is 12.4 Å². The number of halogens is 6.